The van der Waals surface area contributed by atoms with Crippen molar-refractivity contribution >= 4 is 29.1 Å². The number of amides is 1. The monoisotopic (exact) mass is 443 g/mol. The Kier molecular flexibility index (Phi) is 6.28. The van der Waals surface area contributed by atoms with Gasteiger partial charge in [-0.1, -0.05) is 11.6 Å². The van der Waals surface area contributed by atoms with Crippen molar-refractivity contribution in [3.05, 3.63) is 57.5 Å². The van der Waals surface area contributed by atoms with E-state index in [1.165, 1.54) is 17.3 Å². The summed E-state index contributed by atoms with van der Waals surface area (Å²) in [6.45, 7) is 4.34. The highest BCUT2D eigenvalue weighted by Gasteiger charge is 2.17. The number of carbonyl (C=O) groups excluding carboxylic acids is 1. The zero-order valence-corrected chi connectivity index (χ0v) is 17.7. The zero-order valence-electron chi connectivity index (χ0n) is 17.0. The zero-order chi connectivity index (χ0) is 21.8. The van der Waals surface area contributed by atoms with E-state index in [-0.39, 0.29) is 24.3 Å². The first-order chi connectivity index (χ1) is 15.0. The number of benzene rings is 1. The summed E-state index contributed by atoms with van der Waals surface area (Å²) >= 11 is 6.09. The normalized spacial score (nSPS) is 13.9. The van der Waals surface area contributed by atoms with Crippen LogP contribution in [0.3, 0.4) is 0 Å². The lowest BCUT2D eigenvalue weighted by molar-refractivity contribution is -0.116. The van der Waals surface area contributed by atoms with E-state index < -0.39 is 0 Å². The first-order valence-corrected chi connectivity index (χ1v) is 10.3. The Labute approximate surface area is 183 Å². The smallest absolute Gasteiger partial charge is 0.255 e. The SMILES string of the molecule is Cc1nc(N2CCOCC2)[nH]c(=O)c1CCC(=O)Nc1cc(Cl)ccc1-n1cncn1. The highest BCUT2D eigenvalue weighted by Crippen LogP contribution is 2.24. The Balaban J connectivity index is 1.45. The molecule has 0 bridgehead atoms. The largest absolute Gasteiger partial charge is 0.378 e. The summed E-state index contributed by atoms with van der Waals surface area (Å²) in [5.74, 6) is 0.287. The number of ether oxygens (including phenoxy) is 1. The molecule has 1 amide bonds. The summed E-state index contributed by atoms with van der Waals surface area (Å²) in [4.78, 5) is 38.5. The Hall–Kier alpha value is -3.24. The van der Waals surface area contributed by atoms with E-state index in [1.54, 1.807) is 25.1 Å². The number of H-pyrrole nitrogens is 1. The van der Waals surface area contributed by atoms with Crippen molar-refractivity contribution in [2.24, 2.45) is 0 Å². The summed E-state index contributed by atoms with van der Waals surface area (Å²) in [5, 5.41) is 7.42. The number of rotatable bonds is 6. The Bertz CT molecular complexity index is 1120. The molecule has 0 atom stereocenters. The van der Waals surface area contributed by atoms with E-state index in [0.717, 1.165) is 0 Å². The number of morpholine rings is 1. The van der Waals surface area contributed by atoms with Crippen LogP contribution in [0.2, 0.25) is 5.02 Å². The molecule has 1 aromatic carbocycles. The fraction of sp³-hybridized carbons (Fsp3) is 0.350. The standard InChI is InChI=1S/C20H22ClN7O3/c1-13-15(19(30)26-20(24-13)27-6-8-31-9-7-27)3-5-18(29)25-16-10-14(21)2-4-17(16)28-12-22-11-23-28/h2,4,10-12H,3,5-9H2,1H3,(H,25,29)(H,24,26,30). The van der Waals surface area contributed by atoms with Gasteiger partial charge in [-0.3, -0.25) is 14.6 Å². The minimum absolute atomic E-state index is 0.117. The van der Waals surface area contributed by atoms with Crippen LogP contribution >= 0.6 is 11.6 Å². The van der Waals surface area contributed by atoms with E-state index in [1.807, 2.05) is 4.90 Å². The van der Waals surface area contributed by atoms with Gasteiger partial charge in [0.15, 0.2) is 0 Å². The molecule has 0 saturated carbocycles. The molecule has 10 nitrogen and oxygen atoms in total. The number of nitrogens with zero attached hydrogens (tertiary/aromatic N) is 5. The lowest BCUT2D eigenvalue weighted by atomic mass is 10.1. The van der Waals surface area contributed by atoms with Gasteiger partial charge in [0.25, 0.3) is 5.56 Å². The topological polar surface area (TPSA) is 118 Å². The van der Waals surface area contributed by atoms with E-state index in [9.17, 15) is 9.59 Å². The molecule has 4 rings (SSSR count). The van der Waals surface area contributed by atoms with Crippen LogP contribution in [0.15, 0.2) is 35.6 Å². The molecule has 1 aliphatic rings. The van der Waals surface area contributed by atoms with Crippen molar-refractivity contribution in [3.63, 3.8) is 0 Å². The summed E-state index contributed by atoms with van der Waals surface area (Å²) < 4.78 is 6.87. The lowest BCUT2D eigenvalue weighted by Gasteiger charge is -2.27. The van der Waals surface area contributed by atoms with Gasteiger partial charge in [0.05, 0.1) is 24.6 Å². The number of halogens is 1. The van der Waals surface area contributed by atoms with E-state index >= 15 is 0 Å². The fourth-order valence-electron chi connectivity index (χ4n) is 3.41. The quantitative estimate of drug-likeness (QED) is 0.595. The van der Waals surface area contributed by atoms with Crippen LogP contribution in [0.5, 0.6) is 0 Å². The fourth-order valence-corrected chi connectivity index (χ4v) is 3.58. The van der Waals surface area contributed by atoms with Crippen LogP contribution in [0.25, 0.3) is 5.69 Å². The Morgan fingerprint density at radius 3 is 2.84 bits per heavy atom. The molecule has 2 aromatic heterocycles. The van der Waals surface area contributed by atoms with Crippen LogP contribution in [-0.2, 0) is 16.0 Å². The van der Waals surface area contributed by atoms with E-state index in [0.29, 0.717) is 59.9 Å². The molecule has 0 radical (unpaired) electrons. The maximum atomic E-state index is 12.6. The average Bonchev–Trinajstić information content (AvgIpc) is 3.28. The second-order valence-electron chi connectivity index (χ2n) is 7.10. The molecule has 11 heteroatoms. The number of anilines is 2. The molecule has 1 saturated heterocycles. The molecular formula is C20H22ClN7O3. The van der Waals surface area contributed by atoms with Gasteiger partial charge in [-0.25, -0.2) is 14.6 Å². The molecule has 1 fully saturated rings. The van der Waals surface area contributed by atoms with Gasteiger partial charge in [-0.05, 0) is 31.5 Å². The minimum atomic E-state index is -0.250. The van der Waals surface area contributed by atoms with Crippen molar-refractivity contribution in [1.82, 2.24) is 24.7 Å². The first kappa shape index (κ1) is 21.0. The van der Waals surface area contributed by atoms with Gasteiger partial charge in [0.2, 0.25) is 11.9 Å². The van der Waals surface area contributed by atoms with Crippen molar-refractivity contribution in [2.75, 3.05) is 36.5 Å². The highest BCUT2D eigenvalue weighted by molar-refractivity contribution is 6.31. The van der Waals surface area contributed by atoms with Gasteiger partial charge in [0, 0.05) is 35.8 Å². The maximum absolute atomic E-state index is 12.6. The number of aryl methyl sites for hydroxylation is 1. The molecule has 2 N–H and O–H groups in total. The number of carbonyl (C=O) groups is 1. The molecule has 3 heterocycles. The van der Waals surface area contributed by atoms with Crippen molar-refractivity contribution in [3.8, 4) is 5.69 Å². The third-order valence-electron chi connectivity index (χ3n) is 5.02. The number of hydrogen-bond acceptors (Lipinski definition) is 7. The van der Waals surface area contributed by atoms with Crippen molar-refractivity contribution < 1.29 is 9.53 Å². The summed E-state index contributed by atoms with van der Waals surface area (Å²) in [5.41, 5.74) is 2.03. The van der Waals surface area contributed by atoms with Crippen molar-refractivity contribution in [1.29, 1.82) is 0 Å². The Morgan fingerprint density at radius 2 is 2.13 bits per heavy atom. The first-order valence-electron chi connectivity index (χ1n) is 9.88. The molecule has 31 heavy (non-hydrogen) atoms. The van der Waals surface area contributed by atoms with E-state index in [4.69, 9.17) is 16.3 Å². The predicted molar refractivity (Wildman–Crippen MR) is 116 cm³/mol. The molecule has 0 spiro atoms. The third kappa shape index (κ3) is 4.92. The van der Waals surface area contributed by atoms with Gasteiger partial charge in [-0.15, -0.1) is 0 Å². The van der Waals surface area contributed by atoms with Gasteiger partial charge >= 0.3 is 0 Å². The average molecular weight is 444 g/mol. The molecule has 3 aromatic rings. The van der Waals surface area contributed by atoms with Crippen LogP contribution in [0.4, 0.5) is 11.6 Å². The van der Waals surface area contributed by atoms with Crippen LogP contribution in [0, 0.1) is 6.92 Å². The molecule has 1 aliphatic heterocycles. The van der Waals surface area contributed by atoms with Gasteiger partial charge in [-0.2, -0.15) is 5.10 Å². The second kappa shape index (κ2) is 9.27. The predicted octanol–water partition coefficient (Wildman–Crippen LogP) is 1.72. The van der Waals surface area contributed by atoms with Crippen LogP contribution < -0.4 is 15.8 Å². The third-order valence-corrected chi connectivity index (χ3v) is 5.26. The van der Waals surface area contributed by atoms with Crippen LogP contribution in [0.1, 0.15) is 17.7 Å². The minimum Gasteiger partial charge on any atom is -0.378 e. The summed E-state index contributed by atoms with van der Waals surface area (Å²) in [7, 11) is 0. The van der Waals surface area contributed by atoms with E-state index in [2.05, 4.69) is 25.4 Å². The number of aromatic amines is 1. The Morgan fingerprint density at radius 1 is 1.32 bits per heavy atom. The number of aromatic nitrogens is 5. The number of nitrogens with one attached hydrogen (secondary N) is 2. The molecular weight excluding hydrogens is 422 g/mol. The van der Waals surface area contributed by atoms with Gasteiger partial charge in [0.1, 0.15) is 12.7 Å². The molecule has 0 aliphatic carbocycles. The van der Waals surface area contributed by atoms with Gasteiger partial charge < -0.3 is 15.0 Å². The lowest BCUT2D eigenvalue weighted by Crippen LogP contribution is -2.38. The second-order valence-corrected chi connectivity index (χ2v) is 7.54. The highest BCUT2D eigenvalue weighted by atomic mass is 35.5. The van der Waals surface area contributed by atoms with Crippen LogP contribution in [-0.4, -0.2) is 56.9 Å². The number of hydrogen-bond donors (Lipinski definition) is 2. The molecule has 0 unspecified atom stereocenters. The summed E-state index contributed by atoms with van der Waals surface area (Å²) in [6, 6.07) is 5.10. The molecule has 162 valence electrons. The summed E-state index contributed by atoms with van der Waals surface area (Å²) in [6.07, 6.45) is 3.32. The van der Waals surface area contributed by atoms with Crippen molar-refractivity contribution in [2.45, 2.75) is 19.8 Å². The maximum Gasteiger partial charge on any atom is 0.255 e.